The number of carbonyl (C=O) groups is 2. The summed E-state index contributed by atoms with van der Waals surface area (Å²) >= 11 is 0. The molecule has 0 heterocycles. The number of carbonyl (C=O) groups excluding carboxylic acids is 2. The molecule has 11 heteroatoms. The Hall–Kier alpha value is -3.08. The van der Waals surface area contributed by atoms with Crippen LogP contribution in [0.4, 0.5) is 18.9 Å². The quantitative estimate of drug-likeness (QED) is 0.657. The Balaban J connectivity index is 2.42. The van der Waals surface area contributed by atoms with Gasteiger partial charge < -0.3 is 10.2 Å². The van der Waals surface area contributed by atoms with Crippen LogP contribution in [0.2, 0.25) is 0 Å². The molecule has 0 aliphatic heterocycles. The first-order chi connectivity index (χ1) is 14.5. The molecule has 2 aromatic rings. The molecule has 7 nitrogen and oxygen atoms in total. The Labute approximate surface area is 178 Å². The molecule has 1 atom stereocenters. The first-order valence-corrected chi connectivity index (χ1v) is 11.0. The van der Waals surface area contributed by atoms with Gasteiger partial charge in [0.05, 0.1) is 11.9 Å². The number of likely N-dealkylation sites (N-methyl/N-ethyl adjacent to an activating group) is 1. The highest BCUT2D eigenvalue weighted by molar-refractivity contribution is 7.92. The summed E-state index contributed by atoms with van der Waals surface area (Å²) in [5.74, 6) is -4.47. The fourth-order valence-electron chi connectivity index (χ4n) is 2.86. The molecule has 2 aromatic carbocycles. The van der Waals surface area contributed by atoms with Gasteiger partial charge >= 0.3 is 0 Å². The molecule has 0 saturated carbocycles. The van der Waals surface area contributed by atoms with Gasteiger partial charge in [-0.1, -0.05) is 18.2 Å². The van der Waals surface area contributed by atoms with E-state index in [4.69, 9.17) is 0 Å². The Morgan fingerprint density at radius 3 is 2.23 bits per heavy atom. The summed E-state index contributed by atoms with van der Waals surface area (Å²) < 4.78 is 66.2. The van der Waals surface area contributed by atoms with Crippen LogP contribution >= 0.6 is 0 Å². The van der Waals surface area contributed by atoms with E-state index in [9.17, 15) is 31.2 Å². The van der Waals surface area contributed by atoms with Crippen LogP contribution in [-0.4, -0.2) is 51.0 Å². The lowest BCUT2D eigenvalue weighted by Crippen LogP contribution is -2.50. The van der Waals surface area contributed by atoms with Gasteiger partial charge in [0.25, 0.3) is 0 Å². The fourth-order valence-corrected chi connectivity index (χ4v) is 3.70. The third-order valence-electron chi connectivity index (χ3n) is 4.58. The summed E-state index contributed by atoms with van der Waals surface area (Å²) in [6.45, 7) is 0.287. The van der Waals surface area contributed by atoms with Crippen molar-refractivity contribution in [1.82, 2.24) is 10.2 Å². The molecule has 2 rings (SSSR count). The maximum absolute atomic E-state index is 14.1. The lowest BCUT2D eigenvalue weighted by atomic mass is 10.1. The number of benzene rings is 2. The summed E-state index contributed by atoms with van der Waals surface area (Å²) in [6, 6.07) is 6.95. The van der Waals surface area contributed by atoms with E-state index in [1.54, 1.807) is 6.07 Å². The molecule has 0 saturated heterocycles. The lowest BCUT2D eigenvalue weighted by Gasteiger charge is -2.31. The zero-order chi connectivity index (χ0) is 23.3. The van der Waals surface area contributed by atoms with Crippen molar-refractivity contribution in [1.29, 1.82) is 0 Å². The van der Waals surface area contributed by atoms with Gasteiger partial charge in [-0.2, -0.15) is 0 Å². The van der Waals surface area contributed by atoms with E-state index in [1.165, 1.54) is 32.2 Å². The number of hydrogen-bond acceptors (Lipinski definition) is 4. The summed E-state index contributed by atoms with van der Waals surface area (Å²) in [7, 11) is -2.73. The van der Waals surface area contributed by atoms with Gasteiger partial charge in [-0.3, -0.25) is 13.9 Å². The molecule has 0 aromatic heterocycles. The highest BCUT2D eigenvalue weighted by Gasteiger charge is 2.30. The molecule has 0 radical (unpaired) electrons. The minimum Gasteiger partial charge on any atom is -0.357 e. The third kappa shape index (κ3) is 5.97. The van der Waals surface area contributed by atoms with Gasteiger partial charge in [-0.25, -0.2) is 21.6 Å². The zero-order valence-corrected chi connectivity index (χ0v) is 17.9. The molecule has 0 fully saturated rings. The number of amides is 2. The van der Waals surface area contributed by atoms with Gasteiger partial charge in [0, 0.05) is 25.2 Å². The number of hydrogen-bond donors (Lipinski definition) is 1. The molecular weight excluding hydrogens is 435 g/mol. The zero-order valence-electron chi connectivity index (χ0n) is 17.1. The molecule has 0 aliphatic rings. The maximum atomic E-state index is 14.1. The van der Waals surface area contributed by atoms with Crippen molar-refractivity contribution in [2.75, 3.05) is 24.2 Å². The van der Waals surface area contributed by atoms with Gasteiger partial charge in [0.2, 0.25) is 21.8 Å². The van der Waals surface area contributed by atoms with Gasteiger partial charge in [-0.15, -0.1) is 0 Å². The minimum atomic E-state index is -4.09. The minimum absolute atomic E-state index is 0.116. The Morgan fingerprint density at radius 2 is 1.68 bits per heavy atom. The van der Waals surface area contributed by atoms with Gasteiger partial charge in [0.1, 0.15) is 18.4 Å². The predicted octanol–water partition coefficient (Wildman–Crippen LogP) is 2.03. The van der Waals surface area contributed by atoms with Crippen molar-refractivity contribution in [3.05, 3.63) is 65.5 Å². The first kappa shape index (κ1) is 24.2. The molecule has 0 unspecified atom stereocenters. The topological polar surface area (TPSA) is 86.8 Å². The molecule has 0 aliphatic carbocycles. The Kier molecular flexibility index (Phi) is 7.66. The SMILES string of the molecule is CNC(=O)[C@H](C)N(Cc1ccccc1F)C(=O)CN(c1ccc(F)c(F)c1)S(C)(=O)=O. The molecule has 0 bridgehead atoms. The highest BCUT2D eigenvalue weighted by atomic mass is 32.2. The summed E-state index contributed by atoms with van der Waals surface area (Å²) in [5.41, 5.74) is -0.154. The molecule has 2 amide bonds. The van der Waals surface area contributed by atoms with E-state index in [2.05, 4.69) is 5.32 Å². The van der Waals surface area contributed by atoms with Crippen molar-refractivity contribution < 1.29 is 31.2 Å². The van der Waals surface area contributed by atoms with Crippen LogP contribution in [0, 0.1) is 17.5 Å². The van der Waals surface area contributed by atoms with Crippen molar-refractivity contribution in [2.24, 2.45) is 0 Å². The molecular formula is C20H22F3N3O4S. The van der Waals surface area contributed by atoms with E-state index >= 15 is 0 Å². The second-order valence-electron chi connectivity index (χ2n) is 6.77. The smallest absolute Gasteiger partial charge is 0.244 e. The number of halogens is 3. The molecule has 1 N–H and O–H groups in total. The Morgan fingerprint density at radius 1 is 1.03 bits per heavy atom. The van der Waals surface area contributed by atoms with E-state index in [-0.39, 0.29) is 17.8 Å². The average molecular weight is 457 g/mol. The predicted molar refractivity (Wildman–Crippen MR) is 109 cm³/mol. The van der Waals surface area contributed by atoms with Crippen LogP contribution in [0.25, 0.3) is 0 Å². The second-order valence-corrected chi connectivity index (χ2v) is 8.68. The number of anilines is 1. The largest absolute Gasteiger partial charge is 0.357 e. The molecule has 31 heavy (non-hydrogen) atoms. The van der Waals surface area contributed by atoms with Crippen molar-refractivity contribution >= 4 is 27.5 Å². The number of rotatable bonds is 8. The summed E-state index contributed by atoms with van der Waals surface area (Å²) in [5, 5.41) is 2.38. The second kappa shape index (κ2) is 9.82. The van der Waals surface area contributed by atoms with Crippen molar-refractivity contribution in [2.45, 2.75) is 19.5 Å². The number of nitrogens with zero attached hydrogens (tertiary/aromatic N) is 2. The van der Waals surface area contributed by atoms with Crippen LogP contribution < -0.4 is 9.62 Å². The monoisotopic (exact) mass is 457 g/mol. The van der Waals surface area contributed by atoms with Crippen LogP contribution in [0.3, 0.4) is 0 Å². The highest BCUT2D eigenvalue weighted by Crippen LogP contribution is 2.22. The normalized spacial score (nSPS) is 12.2. The van der Waals surface area contributed by atoms with Crippen LogP contribution in [0.1, 0.15) is 12.5 Å². The average Bonchev–Trinajstić information content (AvgIpc) is 2.71. The van der Waals surface area contributed by atoms with Crippen LogP contribution in [0.5, 0.6) is 0 Å². The van der Waals surface area contributed by atoms with E-state index in [0.717, 1.165) is 23.3 Å². The molecule has 168 valence electrons. The lowest BCUT2D eigenvalue weighted by molar-refractivity contribution is -0.139. The van der Waals surface area contributed by atoms with E-state index < -0.39 is 51.9 Å². The van der Waals surface area contributed by atoms with Gasteiger partial charge in [-0.05, 0) is 25.1 Å². The van der Waals surface area contributed by atoms with E-state index in [1.807, 2.05) is 0 Å². The standard InChI is InChI=1S/C20H22F3N3O4S/c1-13(20(28)24-2)25(11-14-6-4-5-7-16(14)21)19(27)12-26(31(3,29)30)15-8-9-17(22)18(23)10-15/h4-10,13H,11-12H2,1-3H3,(H,24,28)/t13-/m0/s1. The Bertz CT molecular complexity index is 1080. The number of sulfonamides is 1. The summed E-state index contributed by atoms with van der Waals surface area (Å²) in [4.78, 5) is 26.2. The summed E-state index contributed by atoms with van der Waals surface area (Å²) in [6.07, 6.45) is 0.797. The van der Waals surface area contributed by atoms with Crippen molar-refractivity contribution in [3.63, 3.8) is 0 Å². The number of nitrogens with one attached hydrogen (secondary N) is 1. The van der Waals surface area contributed by atoms with Crippen LogP contribution in [0.15, 0.2) is 42.5 Å². The van der Waals surface area contributed by atoms with E-state index in [0.29, 0.717) is 10.4 Å². The maximum Gasteiger partial charge on any atom is 0.244 e. The van der Waals surface area contributed by atoms with Crippen molar-refractivity contribution in [3.8, 4) is 0 Å². The third-order valence-corrected chi connectivity index (χ3v) is 5.72. The van der Waals surface area contributed by atoms with Gasteiger partial charge in [0.15, 0.2) is 11.6 Å². The first-order valence-electron chi connectivity index (χ1n) is 9.13. The molecule has 0 spiro atoms. The van der Waals surface area contributed by atoms with Crippen LogP contribution in [-0.2, 0) is 26.2 Å². The fraction of sp³-hybridized carbons (Fsp3) is 0.300.